The third-order valence-electron chi connectivity index (χ3n) is 2.60. The third-order valence-corrected chi connectivity index (χ3v) is 2.90. The molecule has 106 valence electrons. The van der Waals surface area contributed by atoms with Crippen LogP contribution < -0.4 is 10.1 Å². The summed E-state index contributed by atoms with van der Waals surface area (Å²) in [5, 5.41) is 3.29. The fourth-order valence-corrected chi connectivity index (χ4v) is 1.76. The highest BCUT2D eigenvalue weighted by Crippen LogP contribution is 2.27. The van der Waals surface area contributed by atoms with Crippen LogP contribution in [0.2, 0.25) is 5.02 Å². The lowest BCUT2D eigenvalue weighted by atomic mass is 10.3. The van der Waals surface area contributed by atoms with Crippen LogP contribution >= 0.6 is 11.6 Å². The summed E-state index contributed by atoms with van der Waals surface area (Å²) in [6, 6.07) is 10.4. The summed E-state index contributed by atoms with van der Waals surface area (Å²) in [5.74, 6) is -0.171. The number of nitrogens with one attached hydrogen (secondary N) is 1. The predicted octanol–water partition coefficient (Wildman–Crippen LogP) is 4.16. The minimum atomic E-state index is -0.582. The molecule has 0 aliphatic heterocycles. The molecule has 0 aliphatic rings. The molecule has 2 aromatic rings. The molecule has 1 aromatic carbocycles. The summed E-state index contributed by atoms with van der Waals surface area (Å²) >= 11 is 5.71. The molecule has 20 heavy (non-hydrogen) atoms. The lowest BCUT2D eigenvalue weighted by Gasteiger charge is -2.10. The molecule has 0 atom stereocenters. The fraction of sp³-hybridized carbons (Fsp3) is 0.267. The quantitative estimate of drug-likeness (QED) is 0.899. The Labute approximate surface area is 122 Å². The Hall–Kier alpha value is -1.65. The van der Waals surface area contributed by atoms with E-state index in [2.05, 4.69) is 24.1 Å². The van der Waals surface area contributed by atoms with E-state index in [1.165, 1.54) is 12.1 Å². The summed E-state index contributed by atoms with van der Waals surface area (Å²) in [6.07, 6.45) is 0. The van der Waals surface area contributed by atoms with Gasteiger partial charge in [-0.05, 0) is 18.2 Å². The van der Waals surface area contributed by atoms with Crippen LogP contribution in [0, 0.1) is 5.82 Å². The van der Waals surface area contributed by atoms with E-state index in [1.807, 2.05) is 12.1 Å². The fourth-order valence-electron chi connectivity index (χ4n) is 1.60. The second-order valence-corrected chi connectivity index (χ2v) is 5.06. The highest BCUT2D eigenvalue weighted by molar-refractivity contribution is 6.30. The zero-order chi connectivity index (χ0) is 14.5. The Morgan fingerprint density at radius 1 is 1.25 bits per heavy atom. The third kappa shape index (κ3) is 3.92. The van der Waals surface area contributed by atoms with Crippen molar-refractivity contribution in [3.8, 4) is 11.6 Å². The number of hydrogen-bond acceptors (Lipinski definition) is 3. The molecule has 1 heterocycles. The lowest BCUT2D eigenvalue weighted by molar-refractivity contribution is 0.425. The van der Waals surface area contributed by atoms with Gasteiger partial charge in [0.05, 0.1) is 10.7 Å². The normalized spacial score (nSPS) is 10.8. The van der Waals surface area contributed by atoms with Gasteiger partial charge < -0.3 is 10.1 Å². The van der Waals surface area contributed by atoms with Gasteiger partial charge in [0.1, 0.15) is 0 Å². The summed E-state index contributed by atoms with van der Waals surface area (Å²) in [5.41, 5.74) is 0.832. The Bertz CT molecular complexity index is 590. The molecule has 1 aromatic heterocycles. The van der Waals surface area contributed by atoms with Gasteiger partial charge in [0, 0.05) is 18.7 Å². The van der Waals surface area contributed by atoms with Crippen molar-refractivity contribution in [3.63, 3.8) is 0 Å². The van der Waals surface area contributed by atoms with Gasteiger partial charge in [0.15, 0.2) is 11.6 Å². The molecule has 0 unspecified atom stereocenters. The first-order chi connectivity index (χ1) is 9.56. The standard InChI is InChI=1S/C15H16ClFN2O/c1-10(2)18-9-11-5-3-8-14(19-11)20-13-7-4-6-12(16)15(13)17/h3-8,10,18H,9H2,1-2H3. The molecule has 0 aliphatic carbocycles. The van der Waals surface area contributed by atoms with Gasteiger partial charge >= 0.3 is 0 Å². The van der Waals surface area contributed by atoms with Gasteiger partial charge in [-0.1, -0.05) is 37.6 Å². The van der Waals surface area contributed by atoms with Gasteiger partial charge in [-0.25, -0.2) is 9.37 Å². The van der Waals surface area contributed by atoms with Crippen LogP contribution in [0.15, 0.2) is 36.4 Å². The number of nitrogens with zero attached hydrogens (tertiary/aromatic N) is 1. The maximum atomic E-state index is 13.7. The zero-order valence-corrected chi connectivity index (χ0v) is 12.1. The molecule has 0 spiro atoms. The van der Waals surface area contributed by atoms with Crippen molar-refractivity contribution in [1.29, 1.82) is 0 Å². The van der Waals surface area contributed by atoms with E-state index in [1.54, 1.807) is 12.1 Å². The molecular weight excluding hydrogens is 279 g/mol. The van der Waals surface area contributed by atoms with Crippen LogP contribution in [-0.4, -0.2) is 11.0 Å². The second kappa shape index (κ2) is 6.68. The smallest absolute Gasteiger partial charge is 0.219 e. The Kier molecular flexibility index (Phi) is 4.93. The van der Waals surface area contributed by atoms with Crippen LogP contribution in [0.5, 0.6) is 11.6 Å². The predicted molar refractivity (Wildman–Crippen MR) is 77.7 cm³/mol. The molecule has 0 saturated heterocycles. The number of pyridine rings is 1. The maximum Gasteiger partial charge on any atom is 0.219 e. The molecule has 2 rings (SSSR count). The van der Waals surface area contributed by atoms with Gasteiger partial charge in [-0.2, -0.15) is 0 Å². The van der Waals surface area contributed by atoms with E-state index in [-0.39, 0.29) is 10.8 Å². The molecule has 0 fully saturated rings. The van der Waals surface area contributed by atoms with E-state index in [4.69, 9.17) is 16.3 Å². The van der Waals surface area contributed by atoms with E-state index in [9.17, 15) is 4.39 Å². The molecule has 0 amide bonds. The van der Waals surface area contributed by atoms with Crippen LogP contribution in [0.4, 0.5) is 4.39 Å². The molecule has 3 nitrogen and oxygen atoms in total. The number of benzene rings is 1. The number of halogens is 2. The van der Waals surface area contributed by atoms with Crippen molar-refractivity contribution in [2.24, 2.45) is 0 Å². The topological polar surface area (TPSA) is 34.1 Å². The van der Waals surface area contributed by atoms with Crippen molar-refractivity contribution < 1.29 is 9.13 Å². The van der Waals surface area contributed by atoms with Crippen LogP contribution in [0.25, 0.3) is 0 Å². The molecule has 1 N–H and O–H groups in total. The average Bonchev–Trinajstić information content (AvgIpc) is 2.42. The molecule has 5 heteroatoms. The molecule has 0 bridgehead atoms. The van der Waals surface area contributed by atoms with Crippen molar-refractivity contribution >= 4 is 11.6 Å². The van der Waals surface area contributed by atoms with Gasteiger partial charge in [-0.15, -0.1) is 0 Å². The van der Waals surface area contributed by atoms with Crippen molar-refractivity contribution in [2.45, 2.75) is 26.4 Å². The van der Waals surface area contributed by atoms with E-state index in [0.29, 0.717) is 18.5 Å². The highest BCUT2D eigenvalue weighted by atomic mass is 35.5. The summed E-state index contributed by atoms with van der Waals surface area (Å²) < 4.78 is 19.2. The highest BCUT2D eigenvalue weighted by Gasteiger charge is 2.09. The second-order valence-electron chi connectivity index (χ2n) is 4.66. The monoisotopic (exact) mass is 294 g/mol. The summed E-state index contributed by atoms with van der Waals surface area (Å²) in [7, 11) is 0. The minimum absolute atomic E-state index is 0.0279. The molecule has 0 radical (unpaired) electrons. The first kappa shape index (κ1) is 14.8. The van der Waals surface area contributed by atoms with Crippen molar-refractivity contribution in [3.05, 3.63) is 52.9 Å². The number of hydrogen-bond donors (Lipinski definition) is 1. The largest absolute Gasteiger partial charge is 0.436 e. The van der Waals surface area contributed by atoms with Gasteiger partial charge in [0.25, 0.3) is 0 Å². The van der Waals surface area contributed by atoms with Crippen LogP contribution in [-0.2, 0) is 6.54 Å². The first-order valence-corrected chi connectivity index (χ1v) is 6.75. The van der Waals surface area contributed by atoms with Crippen molar-refractivity contribution in [2.75, 3.05) is 0 Å². The van der Waals surface area contributed by atoms with Crippen LogP contribution in [0.3, 0.4) is 0 Å². The van der Waals surface area contributed by atoms with E-state index >= 15 is 0 Å². The Morgan fingerprint density at radius 3 is 2.75 bits per heavy atom. The molecular formula is C15H16ClFN2O. The first-order valence-electron chi connectivity index (χ1n) is 6.37. The van der Waals surface area contributed by atoms with Gasteiger partial charge in [0.2, 0.25) is 5.88 Å². The van der Waals surface area contributed by atoms with Gasteiger partial charge in [-0.3, -0.25) is 0 Å². The summed E-state index contributed by atoms with van der Waals surface area (Å²) in [6.45, 7) is 4.75. The van der Waals surface area contributed by atoms with E-state index in [0.717, 1.165) is 5.69 Å². The Balaban J connectivity index is 2.13. The van der Waals surface area contributed by atoms with E-state index < -0.39 is 5.82 Å². The summed E-state index contributed by atoms with van der Waals surface area (Å²) in [4.78, 5) is 4.32. The SMILES string of the molecule is CC(C)NCc1cccc(Oc2cccc(Cl)c2F)n1. The number of ether oxygens (including phenoxy) is 1. The number of rotatable bonds is 5. The lowest BCUT2D eigenvalue weighted by Crippen LogP contribution is -2.22. The molecule has 0 saturated carbocycles. The maximum absolute atomic E-state index is 13.7. The van der Waals surface area contributed by atoms with Crippen molar-refractivity contribution in [1.82, 2.24) is 10.3 Å². The van der Waals surface area contributed by atoms with Crippen LogP contribution in [0.1, 0.15) is 19.5 Å². The zero-order valence-electron chi connectivity index (χ0n) is 11.4. The minimum Gasteiger partial charge on any atom is -0.436 e. The Morgan fingerprint density at radius 2 is 2.00 bits per heavy atom. The number of aromatic nitrogens is 1. The average molecular weight is 295 g/mol.